The molecular formula is C21H16BrN5O2S. The van der Waals surface area contributed by atoms with Gasteiger partial charge in [0.15, 0.2) is 10.9 Å². The van der Waals surface area contributed by atoms with Crippen molar-refractivity contribution in [2.45, 2.75) is 20.5 Å². The molecule has 150 valence electrons. The van der Waals surface area contributed by atoms with E-state index in [1.807, 2.05) is 48.0 Å². The van der Waals surface area contributed by atoms with Gasteiger partial charge in [0.05, 0.1) is 10.6 Å². The van der Waals surface area contributed by atoms with Crippen LogP contribution in [0, 0.1) is 6.92 Å². The van der Waals surface area contributed by atoms with Gasteiger partial charge in [-0.25, -0.2) is 9.67 Å². The number of amides is 1. The minimum atomic E-state index is -0.159. The molecule has 7 nitrogen and oxygen atoms in total. The SMILES string of the molecule is CC(=O)Nc1nc2c(s1)-c1c(c(-c3ccc(C)nc3)nn1-c1ccccc1Br)OC2. The van der Waals surface area contributed by atoms with Gasteiger partial charge in [0.1, 0.15) is 23.7 Å². The number of hydrogen-bond donors (Lipinski definition) is 1. The number of aryl methyl sites for hydroxylation is 1. The summed E-state index contributed by atoms with van der Waals surface area (Å²) in [4.78, 5) is 21.4. The first-order chi connectivity index (χ1) is 14.5. The molecule has 1 aliphatic heterocycles. The summed E-state index contributed by atoms with van der Waals surface area (Å²) in [6.07, 6.45) is 1.80. The zero-order chi connectivity index (χ0) is 20.8. The van der Waals surface area contributed by atoms with Gasteiger partial charge < -0.3 is 10.1 Å². The smallest absolute Gasteiger partial charge is 0.223 e. The van der Waals surface area contributed by atoms with E-state index in [1.54, 1.807) is 6.20 Å². The fourth-order valence-corrected chi connectivity index (χ4v) is 4.81. The Kier molecular flexibility index (Phi) is 4.63. The van der Waals surface area contributed by atoms with E-state index in [4.69, 9.17) is 9.84 Å². The van der Waals surface area contributed by atoms with Gasteiger partial charge in [-0.2, -0.15) is 5.10 Å². The number of anilines is 1. The number of benzene rings is 1. The van der Waals surface area contributed by atoms with Gasteiger partial charge in [0.2, 0.25) is 5.91 Å². The fourth-order valence-electron chi connectivity index (χ4n) is 3.31. The molecule has 0 saturated heterocycles. The Hall–Kier alpha value is -3.04. The van der Waals surface area contributed by atoms with Gasteiger partial charge >= 0.3 is 0 Å². The Morgan fingerprint density at radius 2 is 2.10 bits per heavy atom. The summed E-state index contributed by atoms with van der Waals surface area (Å²) in [6, 6.07) is 11.8. The number of carbonyl (C=O) groups excluding carboxylic acids is 1. The quantitative estimate of drug-likeness (QED) is 0.446. The first kappa shape index (κ1) is 19.0. The van der Waals surface area contributed by atoms with Gasteiger partial charge in [-0.1, -0.05) is 23.5 Å². The first-order valence-corrected chi connectivity index (χ1v) is 10.8. The number of nitrogens with one attached hydrogen (secondary N) is 1. The Balaban J connectivity index is 1.76. The molecule has 1 aliphatic rings. The Morgan fingerprint density at radius 3 is 2.83 bits per heavy atom. The molecule has 0 unspecified atom stereocenters. The number of rotatable bonds is 3. The van der Waals surface area contributed by atoms with Crippen LogP contribution in [0.5, 0.6) is 5.75 Å². The van der Waals surface area contributed by atoms with Crippen molar-refractivity contribution in [3.63, 3.8) is 0 Å². The second-order valence-electron chi connectivity index (χ2n) is 6.84. The average molecular weight is 482 g/mol. The van der Waals surface area contributed by atoms with Gasteiger partial charge in [0, 0.05) is 28.9 Å². The summed E-state index contributed by atoms with van der Waals surface area (Å²) in [7, 11) is 0. The van der Waals surface area contributed by atoms with Crippen LogP contribution in [0.3, 0.4) is 0 Å². The maximum absolute atomic E-state index is 11.5. The molecule has 1 amide bonds. The van der Waals surface area contributed by atoms with Crippen LogP contribution in [0.1, 0.15) is 18.3 Å². The summed E-state index contributed by atoms with van der Waals surface area (Å²) in [5.74, 6) is 0.523. The third kappa shape index (κ3) is 3.20. The minimum absolute atomic E-state index is 0.159. The number of hydrogen-bond acceptors (Lipinski definition) is 6. The van der Waals surface area contributed by atoms with Crippen LogP contribution in [0.25, 0.3) is 27.5 Å². The molecule has 0 aliphatic carbocycles. The monoisotopic (exact) mass is 481 g/mol. The van der Waals surface area contributed by atoms with Crippen molar-refractivity contribution in [3.05, 3.63) is 58.5 Å². The number of nitrogens with zero attached hydrogens (tertiary/aromatic N) is 4. The van der Waals surface area contributed by atoms with Gasteiger partial charge in [0.25, 0.3) is 0 Å². The predicted octanol–water partition coefficient (Wildman–Crippen LogP) is 4.98. The van der Waals surface area contributed by atoms with Crippen molar-refractivity contribution in [1.82, 2.24) is 19.7 Å². The molecule has 4 aromatic rings. The molecule has 9 heteroatoms. The molecule has 0 fully saturated rings. The fraction of sp³-hybridized carbons (Fsp3) is 0.143. The van der Waals surface area contributed by atoms with Crippen molar-refractivity contribution < 1.29 is 9.53 Å². The molecule has 3 aromatic heterocycles. The van der Waals surface area contributed by atoms with Crippen LogP contribution in [0.15, 0.2) is 47.1 Å². The van der Waals surface area contributed by atoms with E-state index in [2.05, 4.69) is 31.2 Å². The van der Waals surface area contributed by atoms with Crippen LogP contribution in [0.2, 0.25) is 0 Å². The van der Waals surface area contributed by atoms with Crippen molar-refractivity contribution in [3.8, 4) is 33.3 Å². The van der Waals surface area contributed by atoms with Crippen LogP contribution < -0.4 is 10.1 Å². The molecule has 4 heterocycles. The largest absolute Gasteiger partial charge is 0.483 e. The molecule has 0 radical (unpaired) electrons. The summed E-state index contributed by atoms with van der Waals surface area (Å²) in [5.41, 5.74) is 4.99. The second-order valence-corrected chi connectivity index (χ2v) is 8.70. The highest BCUT2D eigenvalue weighted by molar-refractivity contribution is 9.10. The zero-order valence-corrected chi connectivity index (χ0v) is 18.5. The molecule has 0 bridgehead atoms. The number of thiazole rings is 1. The molecule has 5 rings (SSSR count). The lowest BCUT2D eigenvalue weighted by Crippen LogP contribution is -2.08. The van der Waals surface area contributed by atoms with Crippen molar-refractivity contribution in [1.29, 1.82) is 0 Å². The second kappa shape index (κ2) is 7.33. The normalized spacial score (nSPS) is 12.1. The summed E-state index contributed by atoms with van der Waals surface area (Å²) < 4.78 is 8.90. The van der Waals surface area contributed by atoms with E-state index >= 15 is 0 Å². The third-order valence-corrected chi connectivity index (χ3v) is 6.35. The maximum Gasteiger partial charge on any atom is 0.223 e. The maximum atomic E-state index is 11.5. The van der Waals surface area contributed by atoms with Crippen molar-refractivity contribution >= 4 is 38.3 Å². The molecule has 30 heavy (non-hydrogen) atoms. The molecule has 1 aromatic carbocycles. The van der Waals surface area contributed by atoms with Gasteiger partial charge in [-0.05, 0) is 47.1 Å². The number of halogens is 1. The van der Waals surface area contributed by atoms with E-state index in [0.717, 1.165) is 37.7 Å². The number of para-hydroxylation sites is 1. The lowest BCUT2D eigenvalue weighted by Gasteiger charge is -2.15. The van der Waals surface area contributed by atoms with E-state index in [1.165, 1.54) is 18.3 Å². The standard InChI is InChI=1S/C21H16BrN5O2S/c1-11-7-8-13(9-23-11)17-19-18(27(26-17)16-6-4-3-5-14(16)22)20-15(10-29-19)25-21(30-20)24-12(2)28/h3-9H,10H2,1-2H3,(H,24,25,28). The molecule has 0 spiro atoms. The van der Waals surface area contributed by atoms with Gasteiger partial charge in [-0.15, -0.1) is 0 Å². The highest BCUT2D eigenvalue weighted by atomic mass is 79.9. The van der Waals surface area contributed by atoms with Crippen molar-refractivity contribution in [2.24, 2.45) is 0 Å². The van der Waals surface area contributed by atoms with E-state index in [9.17, 15) is 4.79 Å². The van der Waals surface area contributed by atoms with Crippen LogP contribution in [-0.2, 0) is 11.4 Å². The zero-order valence-electron chi connectivity index (χ0n) is 16.1. The summed E-state index contributed by atoms with van der Waals surface area (Å²) in [5, 5.41) is 8.22. The lowest BCUT2D eigenvalue weighted by atomic mass is 10.1. The number of carbonyl (C=O) groups is 1. The number of fused-ring (bicyclic) bond motifs is 3. The van der Waals surface area contributed by atoms with Crippen LogP contribution >= 0.6 is 27.3 Å². The van der Waals surface area contributed by atoms with Crippen LogP contribution in [-0.4, -0.2) is 25.7 Å². The van der Waals surface area contributed by atoms with E-state index < -0.39 is 0 Å². The molecule has 1 N–H and O–H groups in total. The first-order valence-electron chi connectivity index (χ1n) is 9.22. The topological polar surface area (TPSA) is 81.9 Å². The molecular weight excluding hydrogens is 466 g/mol. The molecule has 0 atom stereocenters. The number of aromatic nitrogens is 4. The third-order valence-electron chi connectivity index (χ3n) is 4.66. The summed E-state index contributed by atoms with van der Waals surface area (Å²) in [6.45, 7) is 3.73. The van der Waals surface area contributed by atoms with Crippen LogP contribution in [0.4, 0.5) is 5.13 Å². The highest BCUT2D eigenvalue weighted by Gasteiger charge is 2.32. The number of pyridine rings is 1. The Labute approximate surface area is 184 Å². The minimum Gasteiger partial charge on any atom is -0.483 e. The molecule has 0 saturated carbocycles. The van der Waals surface area contributed by atoms with E-state index in [-0.39, 0.29) is 5.91 Å². The average Bonchev–Trinajstić information content (AvgIpc) is 3.29. The Bertz CT molecular complexity index is 1280. The Morgan fingerprint density at radius 1 is 1.27 bits per heavy atom. The predicted molar refractivity (Wildman–Crippen MR) is 119 cm³/mol. The number of ether oxygens (including phenoxy) is 1. The van der Waals surface area contributed by atoms with Gasteiger partial charge in [-0.3, -0.25) is 9.78 Å². The summed E-state index contributed by atoms with van der Waals surface area (Å²) >= 11 is 5.05. The van der Waals surface area contributed by atoms with E-state index in [0.29, 0.717) is 23.2 Å². The highest BCUT2D eigenvalue weighted by Crippen LogP contribution is 2.48. The van der Waals surface area contributed by atoms with Crippen molar-refractivity contribution in [2.75, 3.05) is 5.32 Å². The lowest BCUT2D eigenvalue weighted by molar-refractivity contribution is -0.114.